The van der Waals surface area contributed by atoms with Crippen molar-refractivity contribution in [2.75, 3.05) is 18.9 Å². The van der Waals surface area contributed by atoms with Gasteiger partial charge in [0.1, 0.15) is 0 Å². The highest BCUT2D eigenvalue weighted by Crippen LogP contribution is 2.35. The van der Waals surface area contributed by atoms with Crippen molar-refractivity contribution in [1.29, 1.82) is 0 Å². The number of carbonyl (C=O) groups excluding carboxylic acids is 1. The maximum Gasteiger partial charge on any atom is 0.321 e. The van der Waals surface area contributed by atoms with Gasteiger partial charge in [-0.25, -0.2) is 9.78 Å². The molecule has 2 aromatic rings. The molecule has 0 aliphatic heterocycles. The van der Waals surface area contributed by atoms with Crippen LogP contribution in [0.4, 0.5) is 10.5 Å². The average molecular weight is 335 g/mol. The van der Waals surface area contributed by atoms with E-state index in [0.29, 0.717) is 5.92 Å². The summed E-state index contributed by atoms with van der Waals surface area (Å²) in [5.41, 5.74) is 3.25. The number of aromatic nitrogens is 1. The molecule has 1 N–H and O–H groups in total. The summed E-state index contributed by atoms with van der Waals surface area (Å²) in [4.78, 5) is 20.2. The minimum Gasteiger partial charge on any atom is -0.327 e. The van der Waals surface area contributed by atoms with Crippen molar-refractivity contribution in [2.45, 2.75) is 39.0 Å². The highest BCUT2D eigenvalue weighted by molar-refractivity contribution is 7.11. The summed E-state index contributed by atoms with van der Waals surface area (Å²) in [6.07, 6.45) is 3.45. The number of thiazole rings is 1. The van der Waals surface area contributed by atoms with E-state index in [1.54, 1.807) is 27.6 Å². The van der Waals surface area contributed by atoms with Gasteiger partial charge in [0.05, 0.1) is 16.4 Å². The number of urea groups is 1. The summed E-state index contributed by atoms with van der Waals surface area (Å²) in [5, 5.41) is 8.14. The number of hydrogen-bond acceptors (Lipinski definition) is 4. The molecule has 0 fully saturated rings. The van der Waals surface area contributed by atoms with Gasteiger partial charge in [-0.05, 0) is 44.1 Å². The first-order chi connectivity index (χ1) is 10.5. The van der Waals surface area contributed by atoms with E-state index < -0.39 is 0 Å². The molecule has 3 rings (SSSR count). The molecular formula is C16H21N3OS2. The lowest BCUT2D eigenvalue weighted by atomic mass is 9.90. The zero-order valence-electron chi connectivity index (χ0n) is 13.2. The Hall–Kier alpha value is -1.40. The monoisotopic (exact) mass is 335 g/mol. The van der Waals surface area contributed by atoms with Gasteiger partial charge in [-0.3, -0.25) is 0 Å². The van der Waals surface area contributed by atoms with Crippen LogP contribution in [0.25, 0.3) is 0 Å². The van der Waals surface area contributed by atoms with Crippen molar-refractivity contribution in [3.63, 3.8) is 0 Å². The predicted octanol–water partition coefficient (Wildman–Crippen LogP) is 4.41. The first-order valence-corrected chi connectivity index (χ1v) is 9.31. The normalized spacial score (nSPS) is 17.1. The Morgan fingerprint density at radius 2 is 2.27 bits per heavy atom. The molecule has 0 saturated heterocycles. The van der Waals surface area contributed by atoms with E-state index in [1.807, 2.05) is 24.7 Å². The zero-order chi connectivity index (χ0) is 15.7. The second-order valence-electron chi connectivity index (χ2n) is 5.91. The molecule has 0 bridgehead atoms. The van der Waals surface area contributed by atoms with Gasteiger partial charge in [0.25, 0.3) is 0 Å². The smallest absolute Gasteiger partial charge is 0.321 e. The lowest BCUT2D eigenvalue weighted by Crippen LogP contribution is -2.35. The highest BCUT2D eigenvalue weighted by atomic mass is 32.1. The molecule has 1 atom stereocenters. The van der Waals surface area contributed by atoms with Gasteiger partial charge in [-0.2, -0.15) is 0 Å². The third-order valence-electron chi connectivity index (χ3n) is 4.12. The summed E-state index contributed by atoms with van der Waals surface area (Å²) in [7, 11) is 1.87. The Morgan fingerprint density at radius 1 is 1.45 bits per heavy atom. The van der Waals surface area contributed by atoms with E-state index in [0.717, 1.165) is 35.6 Å². The van der Waals surface area contributed by atoms with Crippen molar-refractivity contribution in [3.05, 3.63) is 31.9 Å². The molecule has 1 aliphatic carbocycles. The Balaban J connectivity index is 1.66. The van der Waals surface area contributed by atoms with Crippen molar-refractivity contribution < 1.29 is 4.79 Å². The van der Waals surface area contributed by atoms with Crippen molar-refractivity contribution in [2.24, 2.45) is 0 Å². The molecule has 1 aliphatic rings. The third kappa shape index (κ3) is 3.17. The van der Waals surface area contributed by atoms with E-state index in [-0.39, 0.29) is 6.03 Å². The number of thiophene rings is 1. The summed E-state index contributed by atoms with van der Waals surface area (Å²) in [6, 6.07) is -0.0411. The molecule has 0 aromatic carbocycles. The van der Waals surface area contributed by atoms with E-state index in [1.165, 1.54) is 17.0 Å². The fraction of sp³-hybridized carbons (Fsp3) is 0.500. The Labute approximate surface area is 139 Å². The molecule has 2 aromatic heterocycles. The van der Waals surface area contributed by atoms with Crippen molar-refractivity contribution in [3.8, 4) is 0 Å². The zero-order valence-corrected chi connectivity index (χ0v) is 14.8. The minimum atomic E-state index is -0.0411. The number of carbonyl (C=O) groups is 1. The summed E-state index contributed by atoms with van der Waals surface area (Å²) in [6.45, 7) is 4.80. The average Bonchev–Trinajstić information content (AvgIpc) is 3.05. The SMILES string of the molecule is Cc1nc2c(s1)CCCC2CN(C)C(=O)Nc1cscc1C. The molecule has 22 heavy (non-hydrogen) atoms. The van der Waals surface area contributed by atoms with Crippen LogP contribution in [0.3, 0.4) is 0 Å². The van der Waals surface area contributed by atoms with Crippen molar-refractivity contribution in [1.82, 2.24) is 9.88 Å². The number of rotatable bonds is 3. The van der Waals surface area contributed by atoms with E-state index in [9.17, 15) is 4.79 Å². The largest absolute Gasteiger partial charge is 0.327 e. The van der Waals surface area contributed by atoms with Crippen LogP contribution in [-0.2, 0) is 6.42 Å². The number of anilines is 1. The van der Waals surface area contributed by atoms with Gasteiger partial charge >= 0.3 is 6.03 Å². The topological polar surface area (TPSA) is 45.2 Å². The number of hydrogen-bond donors (Lipinski definition) is 1. The van der Waals surface area contributed by atoms with Gasteiger partial charge in [-0.15, -0.1) is 22.7 Å². The minimum absolute atomic E-state index is 0.0411. The third-order valence-corrected chi connectivity index (χ3v) is 6.02. The molecule has 2 heterocycles. The van der Waals surface area contributed by atoms with Gasteiger partial charge in [0.2, 0.25) is 0 Å². The van der Waals surface area contributed by atoms with Crippen LogP contribution in [0.1, 0.15) is 39.9 Å². The second-order valence-corrected chi connectivity index (χ2v) is 7.94. The molecule has 0 radical (unpaired) electrons. The highest BCUT2D eigenvalue weighted by Gasteiger charge is 2.26. The van der Waals surface area contributed by atoms with Gasteiger partial charge in [0, 0.05) is 29.8 Å². The maximum atomic E-state index is 12.4. The molecule has 2 amide bonds. The molecule has 0 spiro atoms. The van der Waals surface area contributed by atoms with Crippen LogP contribution >= 0.6 is 22.7 Å². The van der Waals surface area contributed by atoms with Crippen LogP contribution in [0.15, 0.2) is 10.8 Å². The van der Waals surface area contributed by atoms with Gasteiger partial charge in [0.15, 0.2) is 0 Å². The summed E-state index contributed by atoms with van der Waals surface area (Å²) in [5.74, 6) is 0.369. The molecule has 118 valence electrons. The standard InChI is InChI=1S/C16H21N3OS2/c1-10-8-21-9-13(10)18-16(20)19(3)7-12-5-4-6-14-15(12)17-11(2)22-14/h8-9,12H,4-7H2,1-3H3,(H,18,20). The first-order valence-electron chi connectivity index (χ1n) is 7.55. The number of fused-ring (bicyclic) bond motifs is 1. The fourth-order valence-electron chi connectivity index (χ4n) is 2.92. The quantitative estimate of drug-likeness (QED) is 0.903. The van der Waals surface area contributed by atoms with Crippen LogP contribution in [0, 0.1) is 13.8 Å². The summed E-state index contributed by atoms with van der Waals surface area (Å²) < 4.78 is 0. The Kier molecular flexibility index (Phi) is 4.49. The van der Waals surface area contributed by atoms with Gasteiger partial charge in [-0.1, -0.05) is 0 Å². The first kappa shape index (κ1) is 15.5. The van der Waals surface area contributed by atoms with E-state index in [4.69, 9.17) is 4.98 Å². The molecular weight excluding hydrogens is 314 g/mol. The van der Waals surface area contributed by atoms with Crippen LogP contribution in [0.2, 0.25) is 0 Å². The van der Waals surface area contributed by atoms with Crippen LogP contribution < -0.4 is 5.32 Å². The Morgan fingerprint density at radius 3 is 3.00 bits per heavy atom. The van der Waals surface area contributed by atoms with Crippen LogP contribution in [-0.4, -0.2) is 29.5 Å². The number of aryl methyl sites for hydroxylation is 3. The lowest BCUT2D eigenvalue weighted by molar-refractivity contribution is 0.217. The predicted molar refractivity (Wildman–Crippen MR) is 93.2 cm³/mol. The maximum absolute atomic E-state index is 12.4. The van der Waals surface area contributed by atoms with E-state index in [2.05, 4.69) is 12.2 Å². The summed E-state index contributed by atoms with van der Waals surface area (Å²) >= 11 is 3.41. The fourth-order valence-corrected chi connectivity index (χ4v) is 4.76. The molecule has 0 saturated carbocycles. The molecule has 1 unspecified atom stereocenters. The molecule has 4 nitrogen and oxygen atoms in total. The van der Waals surface area contributed by atoms with Gasteiger partial charge < -0.3 is 10.2 Å². The Bertz CT molecular complexity index is 677. The molecule has 6 heteroatoms. The van der Waals surface area contributed by atoms with Crippen LogP contribution in [0.5, 0.6) is 0 Å². The number of likely N-dealkylation sites (N-methyl/N-ethyl adjacent to an activating group) is 1. The number of amides is 2. The number of nitrogens with one attached hydrogen (secondary N) is 1. The van der Waals surface area contributed by atoms with E-state index >= 15 is 0 Å². The number of nitrogens with zero attached hydrogens (tertiary/aromatic N) is 2. The lowest BCUT2D eigenvalue weighted by Gasteiger charge is -2.26. The second kappa shape index (κ2) is 6.38. The van der Waals surface area contributed by atoms with Crippen molar-refractivity contribution >= 4 is 34.4 Å².